The molecule has 0 atom stereocenters. The Morgan fingerprint density at radius 2 is 1.76 bits per heavy atom. The van der Waals surface area contributed by atoms with Crippen molar-refractivity contribution >= 4 is 0 Å². The second-order valence-corrected chi connectivity index (χ2v) is 3.93. The molecule has 0 fully saturated rings. The molecule has 0 N–H and O–H groups in total. The van der Waals surface area contributed by atoms with Gasteiger partial charge in [-0.1, -0.05) is 19.1 Å². The van der Waals surface area contributed by atoms with Crippen molar-refractivity contribution in [2.24, 2.45) is 0 Å². The summed E-state index contributed by atoms with van der Waals surface area (Å²) >= 11 is 0. The van der Waals surface area contributed by atoms with Gasteiger partial charge in [-0.05, 0) is 37.7 Å². The van der Waals surface area contributed by atoms with Crippen molar-refractivity contribution in [3.05, 3.63) is 29.8 Å². The highest BCUT2D eigenvalue weighted by molar-refractivity contribution is 5.27. The summed E-state index contributed by atoms with van der Waals surface area (Å²) in [5, 5.41) is 0. The number of nitrogens with zero attached hydrogens (tertiary/aromatic N) is 1. The molecule has 0 unspecified atom stereocenters. The van der Waals surface area contributed by atoms with Crippen molar-refractivity contribution in [2.45, 2.75) is 26.3 Å². The number of rotatable bonds is 5. The summed E-state index contributed by atoms with van der Waals surface area (Å²) in [4.78, 5) is 2.11. The summed E-state index contributed by atoms with van der Waals surface area (Å²) in [7, 11) is 1.98. The van der Waals surface area contributed by atoms with E-state index in [-0.39, 0.29) is 5.75 Å². The fraction of sp³-hybridized carbons (Fsp3) is 0.500. The third-order valence-corrected chi connectivity index (χ3v) is 2.21. The van der Waals surface area contributed by atoms with E-state index in [0.717, 1.165) is 25.1 Å². The first-order valence-corrected chi connectivity index (χ1v) is 5.44. The Morgan fingerprint density at radius 1 is 1.18 bits per heavy atom. The number of hydrogen-bond acceptors (Lipinski definition) is 2. The third kappa shape index (κ3) is 5.58. The second-order valence-electron chi connectivity index (χ2n) is 3.93. The maximum atomic E-state index is 11.9. The van der Waals surface area contributed by atoms with Crippen LogP contribution in [-0.2, 0) is 6.54 Å². The molecule has 1 aromatic rings. The average molecular weight is 247 g/mol. The predicted octanol–water partition coefficient (Wildman–Crippen LogP) is 3.43. The monoisotopic (exact) mass is 247 g/mol. The Morgan fingerprint density at radius 3 is 2.24 bits per heavy atom. The zero-order valence-corrected chi connectivity index (χ0v) is 9.92. The molecule has 0 saturated heterocycles. The van der Waals surface area contributed by atoms with Crippen molar-refractivity contribution in [1.82, 2.24) is 4.90 Å². The maximum Gasteiger partial charge on any atom is 0.573 e. The Hall–Kier alpha value is -1.23. The van der Waals surface area contributed by atoms with E-state index in [4.69, 9.17) is 0 Å². The molecule has 17 heavy (non-hydrogen) atoms. The summed E-state index contributed by atoms with van der Waals surface area (Å²) in [6.07, 6.45) is -3.58. The van der Waals surface area contributed by atoms with Crippen molar-refractivity contribution in [3.8, 4) is 5.75 Å². The van der Waals surface area contributed by atoms with Crippen LogP contribution >= 0.6 is 0 Å². The Labute approximate surface area is 99.0 Å². The summed E-state index contributed by atoms with van der Waals surface area (Å²) in [5.41, 5.74) is 0.968. The van der Waals surface area contributed by atoms with Crippen LogP contribution in [0.5, 0.6) is 5.75 Å². The van der Waals surface area contributed by atoms with Gasteiger partial charge in [-0.15, -0.1) is 13.2 Å². The van der Waals surface area contributed by atoms with Crippen LogP contribution in [0.15, 0.2) is 24.3 Å². The van der Waals surface area contributed by atoms with Gasteiger partial charge in [0.25, 0.3) is 0 Å². The van der Waals surface area contributed by atoms with Crippen LogP contribution < -0.4 is 4.74 Å². The lowest BCUT2D eigenvalue weighted by molar-refractivity contribution is -0.274. The molecule has 1 rings (SSSR count). The largest absolute Gasteiger partial charge is 0.573 e. The van der Waals surface area contributed by atoms with E-state index in [1.54, 1.807) is 12.1 Å². The second kappa shape index (κ2) is 5.91. The van der Waals surface area contributed by atoms with Gasteiger partial charge in [-0.2, -0.15) is 0 Å². The summed E-state index contributed by atoms with van der Waals surface area (Å²) < 4.78 is 39.6. The van der Waals surface area contributed by atoms with Crippen LogP contribution in [0, 0.1) is 0 Å². The molecule has 0 radical (unpaired) electrons. The highest BCUT2D eigenvalue weighted by atomic mass is 19.4. The molecule has 0 bridgehead atoms. The highest BCUT2D eigenvalue weighted by Crippen LogP contribution is 2.22. The minimum atomic E-state index is -4.62. The van der Waals surface area contributed by atoms with Gasteiger partial charge < -0.3 is 9.64 Å². The van der Waals surface area contributed by atoms with Crippen LogP contribution in [0.1, 0.15) is 18.9 Å². The van der Waals surface area contributed by atoms with Gasteiger partial charge in [0.15, 0.2) is 0 Å². The van der Waals surface area contributed by atoms with Crippen molar-refractivity contribution in [3.63, 3.8) is 0 Å². The first-order valence-electron chi connectivity index (χ1n) is 5.44. The van der Waals surface area contributed by atoms with Crippen molar-refractivity contribution < 1.29 is 17.9 Å². The summed E-state index contributed by atoms with van der Waals surface area (Å²) in [5.74, 6) is -0.181. The molecule has 1 aromatic carbocycles. The van der Waals surface area contributed by atoms with Crippen molar-refractivity contribution in [2.75, 3.05) is 13.6 Å². The van der Waals surface area contributed by atoms with Gasteiger partial charge in [0.2, 0.25) is 0 Å². The zero-order chi connectivity index (χ0) is 12.9. The Kier molecular flexibility index (Phi) is 4.81. The first-order chi connectivity index (χ1) is 7.90. The lowest BCUT2D eigenvalue weighted by atomic mass is 10.2. The molecule has 0 spiro atoms. The van der Waals surface area contributed by atoms with Gasteiger partial charge in [0, 0.05) is 6.54 Å². The lowest BCUT2D eigenvalue weighted by Crippen LogP contribution is -2.19. The summed E-state index contributed by atoms with van der Waals surface area (Å²) in [6.45, 7) is 3.76. The molecule has 0 amide bonds. The minimum Gasteiger partial charge on any atom is -0.406 e. The van der Waals surface area contributed by atoms with Crippen LogP contribution in [0.2, 0.25) is 0 Å². The van der Waals surface area contributed by atoms with Crippen LogP contribution in [0.25, 0.3) is 0 Å². The van der Waals surface area contributed by atoms with E-state index in [0.29, 0.717) is 0 Å². The van der Waals surface area contributed by atoms with Gasteiger partial charge in [0.1, 0.15) is 5.75 Å². The molecular formula is C12H16F3NO. The topological polar surface area (TPSA) is 12.5 Å². The molecule has 96 valence electrons. The molecule has 2 nitrogen and oxygen atoms in total. The quantitative estimate of drug-likeness (QED) is 0.790. The molecule has 0 saturated carbocycles. The van der Waals surface area contributed by atoms with Crippen LogP contribution in [-0.4, -0.2) is 24.9 Å². The number of hydrogen-bond donors (Lipinski definition) is 0. The van der Waals surface area contributed by atoms with Crippen LogP contribution in [0.3, 0.4) is 0 Å². The fourth-order valence-electron chi connectivity index (χ4n) is 1.57. The Balaban J connectivity index is 2.56. The van der Waals surface area contributed by atoms with Gasteiger partial charge in [-0.3, -0.25) is 0 Å². The minimum absolute atomic E-state index is 0.181. The average Bonchev–Trinajstić information content (AvgIpc) is 2.19. The molecular weight excluding hydrogens is 231 g/mol. The predicted molar refractivity (Wildman–Crippen MR) is 59.8 cm³/mol. The first kappa shape index (κ1) is 13.8. The zero-order valence-electron chi connectivity index (χ0n) is 9.92. The maximum absolute atomic E-state index is 11.9. The molecule has 0 aliphatic heterocycles. The molecule has 0 aliphatic carbocycles. The van der Waals surface area contributed by atoms with Crippen molar-refractivity contribution in [1.29, 1.82) is 0 Å². The van der Waals surface area contributed by atoms with E-state index in [1.807, 2.05) is 7.05 Å². The number of alkyl halides is 3. The van der Waals surface area contributed by atoms with E-state index >= 15 is 0 Å². The molecule has 0 aromatic heterocycles. The molecule has 0 heterocycles. The van der Waals surface area contributed by atoms with E-state index < -0.39 is 6.36 Å². The van der Waals surface area contributed by atoms with Gasteiger partial charge in [-0.25, -0.2) is 0 Å². The van der Waals surface area contributed by atoms with Gasteiger partial charge in [0.05, 0.1) is 0 Å². The fourth-order valence-corrected chi connectivity index (χ4v) is 1.57. The highest BCUT2D eigenvalue weighted by Gasteiger charge is 2.30. The summed E-state index contributed by atoms with van der Waals surface area (Å²) in [6, 6.07) is 5.96. The van der Waals surface area contributed by atoms with E-state index in [2.05, 4.69) is 16.6 Å². The lowest BCUT2D eigenvalue weighted by Gasteiger charge is -2.15. The number of halogens is 3. The van der Waals surface area contributed by atoms with Crippen LogP contribution in [0.4, 0.5) is 13.2 Å². The molecule has 5 heteroatoms. The third-order valence-electron chi connectivity index (χ3n) is 2.21. The molecule has 0 aliphatic rings. The van der Waals surface area contributed by atoms with E-state index in [9.17, 15) is 13.2 Å². The number of ether oxygens (including phenoxy) is 1. The van der Waals surface area contributed by atoms with Gasteiger partial charge >= 0.3 is 6.36 Å². The standard InChI is InChI=1S/C12H16F3NO/c1-3-8-16(2)9-10-4-6-11(7-5-10)17-12(13,14)15/h4-7H,3,8-9H2,1-2H3. The Bertz CT molecular complexity index is 335. The number of benzene rings is 1. The van der Waals surface area contributed by atoms with E-state index in [1.165, 1.54) is 12.1 Å². The smallest absolute Gasteiger partial charge is 0.406 e. The SMILES string of the molecule is CCCN(C)Cc1ccc(OC(F)(F)F)cc1. The normalized spacial score (nSPS) is 11.9.